The van der Waals surface area contributed by atoms with Crippen molar-refractivity contribution in [1.29, 1.82) is 0 Å². The molecule has 0 fully saturated rings. The van der Waals surface area contributed by atoms with Gasteiger partial charge in [-0.05, 0) is 24.5 Å². The number of benzene rings is 1. The highest BCUT2D eigenvalue weighted by Crippen LogP contribution is 2.21. The molecule has 2 N–H and O–H groups in total. The topological polar surface area (TPSA) is 74.6 Å². The van der Waals surface area contributed by atoms with E-state index in [2.05, 4.69) is 0 Å². The molecule has 7 heteroatoms. The van der Waals surface area contributed by atoms with Crippen LogP contribution < -0.4 is 0 Å². The average Bonchev–Trinajstić information content (AvgIpc) is 2.24. The Labute approximate surface area is 99.7 Å². The summed E-state index contributed by atoms with van der Waals surface area (Å²) in [6.07, 6.45) is -0.465. The minimum Gasteiger partial charge on any atom is -0.481 e. The fraction of sp³-hybridized carbons (Fsp3) is 0.273. The molecule has 0 amide bonds. The van der Waals surface area contributed by atoms with Gasteiger partial charge in [0.05, 0.1) is 0 Å². The van der Waals surface area contributed by atoms with E-state index in [1.165, 1.54) is 0 Å². The third-order valence-electron chi connectivity index (χ3n) is 2.28. The van der Waals surface area contributed by atoms with Gasteiger partial charge in [0.25, 0.3) is 0 Å². The first-order valence-corrected chi connectivity index (χ1v) is 4.96. The summed E-state index contributed by atoms with van der Waals surface area (Å²) >= 11 is 0. The fourth-order valence-corrected chi connectivity index (χ4v) is 1.45. The zero-order valence-electron chi connectivity index (χ0n) is 9.04. The molecule has 0 aliphatic heterocycles. The van der Waals surface area contributed by atoms with E-state index < -0.39 is 35.0 Å². The van der Waals surface area contributed by atoms with Crippen LogP contribution in [0.15, 0.2) is 6.07 Å². The molecule has 0 radical (unpaired) electrons. The Kier molecular flexibility index (Phi) is 4.30. The van der Waals surface area contributed by atoms with Crippen LogP contribution in [0.4, 0.5) is 13.2 Å². The molecular weight excluding hydrogens is 253 g/mol. The van der Waals surface area contributed by atoms with E-state index >= 15 is 0 Å². The molecule has 0 spiro atoms. The van der Waals surface area contributed by atoms with Gasteiger partial charge in [-0.15, -0.1) is 0 Å². The van der Waals surface area contributed by atoms with E-state index in [1.807, 2.05) is 0 Å². The van der Waals surface area contributed by atoms with Crippen LogP contribution in [0.5, 0.6) is 0 Å². The predicted molar refractivity (Wildman–Crippen MR) is 53.8 cm³/mol. The maximum absolute atomic E-state index is 13.4. The molecule has 0 aliphatic carbocycles. The number of hydrogen-bond donors (Lipinski definition) is 2. The van der Waals surface area contributed by atoms with E-state index in [-0.39, 0.29) is 24.8 Å². The highest BCUT2D eigenvalue weighted by Gasteiger charge is 2.23. The second-order valence-electron chi connectivity index (χ2n) is 3.57. The molecule has 98 valence electrons. The van der Waals surface area contributed by atoms with Crippen LogP contribution in [0.1, 0.15) is 28.8 Å². The van der Waals surface area contributed by atoms with Crippen LogP contribution in [0.3, 0.4) is 0 Å². The highest BCUT2D eigenvalue weighted by atomic mass is 19.2. The van der Waals surface area contributed by atoms with Crippen LogP contribution in [0.2, 0.25) is 0 Å². The summed E-state index contributed by atoms with van der Waals surface area (Å²) in [5.41, 5.74) is -1.73. The second-order valence-corrected chi connectivity index (χ2v) is 3.57. The van der Waals surface area contributed by atoms with Crippen LogP contribution in [-0.2, 0) is 11.2 Å². The summed E-state index contributed by atoms with van der Waals surface area (Å²) in [7, 11) is 0. The Morgan fingerprint density at radius 1 is 1.11 bits per heavy atom. The van der Waals surface area contributed by atoms with Crippen LogP contribution >= 0.6 is 0 Å². The molecule has 1 rings (SSSR count). The molecule has 0 aliphatic rings. The van der Waals surface area contributed by atoms with E-state index in [0.29, 0.717) is 6.07 Å². The SMILES string of the molecule is O=C(O)CCCc1cc(F)c(C(=O)O)c(F)c1F. The number of aryl methyl sites for hydroxylation is 1. The first kappa shape index (κ1) is 14.0. The van der Waals surface area contributed by atoms with Crippen molar-refractivity contribution in [1.82, 2.24) is 0 Å². The van der Waals surface area contributed by atoms with Gasteiger partial charge in [-0.25, -0.2) is 18.0 Å². The van der Waals surface area contributed by atoms with Crippen LogP contribution in [-0.4, -0.2) is 22.2 Å². The molecular formula is C11H9F3O4. The molecule has 1 aromatic carbocycles. The third-order valence-corrected chi connectivity index (χ3v) is 2.28. The molecule has 0 saturated heterocycles. The van der Waals surface area contributed by atoms with Gasteiger partial charge in [0.15, 0.2) is 11.6 Å². The van der Waals surface area contributed by atoms with Crippen molar-refractivity contribution < 1.29 is 33.0 Å². The van der Waals surface area contributed by atoms with Crippen LogP contribution in [0.25, 0.3) is 0 Å². The van der Waals surface area contributed by atoms with E-state index in [1.54, 1.807) is 0 Å². The van der Waals surface area contributed by atoms with E-state index in [0.717, 1.165) is 0 Å². The molecule has 0 atom stereocenters. The predicted octanol–water partition coefficient (Wildman–Crippen LogP) is 2.21. The lowest BCUT2D eigenvalue weighted by Gasteiger charge is -2.07. The summed E-state index contributed by atoms with van der Waals surface area (Å²) in [6.45, 7) is 0. The lowest BCUT2D eigenvalue weighted by atomic mass is 10.0. The Balaban J connectivity index is 3.02. The number of aliphatic carboxylic acids is 1. The van der Waals surface area contributed by atoms with Crippen molar-refractivity contribution in [2.75, 3.05) is 0 Å². The van der Waals surface area contributed by atoms with Gasteiger partial charge in [-0.2, -0.15) is 0 Å². The molecule has 1 aromatic rings. The quantitative estimate of drug-likeness (QED) is 0.798. The zero-order chi connectivity index (χ0) is 13.9. The average molecular weight is 262 g/mol. The number of carboxylic acid groups (broad SMARTS) is 2. The molecule has 0 unspecified atom stereocenters. The Morgan fingerprint density at radius 3 is 2.22 bits per heavy atom. The summed E-state index contributed by atoms with van der Waals surface area (Å²) < 4.78 is 39.8. The van der Waals surface area contributed by atoms with Gasteiger partial charge in [-0.3, -0.25) is 4.79 Å². The third kappa shape index (κ3) is 2.99. The van der Waals surface area contributed by atoms with Gasteiger partial charge in [-0.1, -0.05) is 0 Å². The molecule has 4 nitrogen and oxygen atoms in total. The number of carbonyl (C=O) groups is 2. The summed E-state index contributed by atoms with van der Waals surface area (Å²) in [5, 5.41) is 16.9. The van der Waals surface area contributed by atoms with Crippen molar-refractivity contribution in [3.8, 4) is 0 Å². The van der Waals surface area contributed by atoms with Crippen molar-refractivity contribution in [3.63, 3.8) is 0 Å². The van der Waals surface area contributed by atoms with Crippen molar-refractivity contribution in [2.24, 2.45) is 0 Å². The van der Waals surface area contributed by atoms with Crippen molar-refractivity contribution >= 4 is 11.9 Å². The largest absolute Gasteiger partial charge is 0.481 e. The fourth-order valence-electron chi connectivity index (χ4n) is 1.45. The lowest BCUT2D eigenvalue weighted by molar-refractivity contribution is -0.137. The number of hydrogen-bond acceptors (Lipinski definition) is 2. The number of halogens is 3. The lowest BCUT2D eigenvalue weighted by Crippen LogP contribution is -2.09. The Hall–Kier alpha value is -2.05. The summed E-state index contributed by atoms with van der Waals surface area (Å²) in [6, 6.07) is 0.573. The van der Waals surface area contributed by atoms with Crippen LogP contribution in [0, 0.1) is 17.5 Å². The van der Waals surface area contributed by atoms with Gasteiger partial charge in [0.2, 0.25) is 0 Å². The monoisotopic (exact) mass is 262 g/mol. The maximum Gasteiger partial charge on any atom is 0.341 e. The standard InChI is InChI=1S/C11H9F3O4/c12-6-4-5(2-1-3-7(15)16)9(13)10(14)8(6)11(17)18/h4H,1-3H2,(H,15,16)(H,17,18). The molecule has 0 aromatic heterocycles. The van der Waals surface area contributed by atoms with Crippen molar-refractivity contribution in [2.45, 2.75) is 19.3 Å². The molecule has 18 heavy (non-hydrogen) atoms. The Morgan fingerprint density at radius 2 is 1.72 bits per heavy atom. The Bertz CT molecular complexity index is 500. The zero-order valence-corrected chi connectivity index (χ0v) is 9.04. The molecule has 0 heterocycles. The summed E-state index contributed by atoms with van der Waals surface area (Å²) in [5.74, 6) is -7.63. The van der Waals surface area contributed by atoms with Gasteiger partial charge in [0.1, 0.15) is 11.4 Å². The molecule has 0 saturated carbocycles. The van der Waals surface area contributed by atoms with E-state index in [4.69, 9.17) is 10.2 Å². The first-order valence-electron chi connectivity index (χ1n) is 4.96. The minimum absolute atomic E-state index is 0.00243. The molecule has 0 bridgehead atoms. The summed E-state index contributed by atoms with van der Waals surface area (Å²) in [4.78, 5) is 20.7. The van der Waals surface area contributed by atoms with E-state index in [9.17, 15) is 22.8 Å². The smallest absolute Gasteiger partial charge is 0.341 e. The second kappa shape index (κ2) is 5.52. The highest BCUT2D eigenvalue weighted by molar-refractivity contribution is 5.88. The van der Waals surface area contributed by atoms with Crippen molar-refractivity contribution in [3.05, 3.63) is 34.6 Å². The normalized spacial score (nSPS) is 10.4. The van der Waals surface area contributed by atoms with Gasteiger partial charge >= 0.3 is 11.9 Å². The van der Waals surface area contributed by atoms with Gasteiger partial charge < -0.3 is 10.2 Å². The maximum atomic E-state index is 13.4. The van der Waals surface area contributed by atoms with Gasteiger partial charge in [0, 0.05) is 6.42 Å². The number of rotatable bonds is 5. The minimum atomic E-state index is -1.90. The number of aromatic carboxylic acids is 1. The first-order chi connectivity index (χ1) is 8.34. The number of carboxylic acids is 2.